The Morgan fingerprint density at radius 3 is 2.12 bits per heavy atom. The zero-order valence-electron chi connectivity index (χ0n) is 13.9. The number of rotatable bonds is 3. The van der Waals surface area contributed by atoms with Crippen LogP contribution in [0.2, 0.25) is 5.15 Å². The van der Waals surface area contributed by atoms with Gasteiger partial charge in [0.1, 0.15) is 11.0 Å². The number of anilines is 3. The lowest BCUT2D eigenvalue weighted by Gasteiger charge is -2.14. The van der Waals surface area contributed by atoms with Crippen LogP contribution in [-0.2, 0) is 0 Å². The van der Waals surface area contributed by atoms with Crippen molar-refractivity contribution in [3.05, 3.63) is 73.9 Å². The Morgan fingerprint density at radius 2 is 1.58 bits per heavy atom. The number of nitrogens with two attached hydrogens (primary N) is 2. The van der Waals surface area contributed by atoms with E-state index in [0.29, 0.717) is 5.82 Å². The maximum absolute atomic E-state index is 11.2. The van der Waals surface area contributed by atoms with Gasteiger partial charge in [-0.25, -0.2) is 4.98 Å². The summed E-state index contributed by atoms with van der Waals surface area (Å²) in [7, 11) is 0. The van der Waals surface area contributed by atoms with Crippen molar-refractivity contribution in [1.29, 1.82) is 0 Å². The first-order valence-electron chi connectivity index (χ1n) is 7.54. The molecule has 3 rings (SSSR count). The van der Waals surface area contributed by atoms with Gasteiger partial charge in [0.05, 0.1) is 0 Å². The molecule has 1 atom stereocenters. The van der Waals surface area contributed by atoms with Crippen molar-refractivity contribution < 1.29 is 0 Å². The first kappa shape index (κ1) is 19.0. The molecule has 0 fully saturated rings. The Bertz CT molecular complexity index is 949. The molecule has 7 N–H and O–H groups in total. The second-order valence-electron chi connectivity index (χ2n) is 5.25. The molecule has 0 aliphatic rings. The number of nitrogen functional groups attached to an aromatic ring is 2. The third-order valence-corrected chi connectivity index (χ3v) is 3.35. The number of aromatic nitrogens is 4. The summed E-state index contributed by atoms with van der Waals surface area (Å²) in [6.45, 7) is 1.99. The van der Waals surface area contributed by atoms with Crippen LogP contribution in [-0.4, -0.2) is 19.9 Å². The van der Waals surface area contributed by atoms with E-state index in [1.54, 1.807) is 0 Å². The second-order valence-corrected chi connectivity index (χ2v) is 5.63. The molecule has 0 aliphatic heterocycles. The lowest BCUT2D eigenvalue weighted by molar-refractivity contribution is 0.871. The monoisotopic (exact) mass is 375 g/mol. The molecule has 26 heavy (non-hydrogen) atoms. The minimum absolute atomic E-state index is 0.0347. The predicted molar refractivity (Wildman–Crippen MR) is 102 cm³/mol. The summed E-state index contributed by atoms with van der Waals surface area (Å²) in [5.74, 6) is 0.621. The van der Waals surface area contributed by atoms with E-state index in [4.69, 9.17) is 23.1 Å². The average molecular weight is 376 g/mol. The molecule has 0 saturated carbocycles. The van der Waals surface area contributed by atoms with Crippen LogP contribution in [0.4, 0.5) is 17.7 Å². The largest absolute Gasteiger partial charge is 0.369 e. The van der Waals surface area contributed by atoms with Crippen molar-refractivity contribution in [3.8, 4) is 0 Å². The maximum atomic E-state index is 11.2. The van der Waals surface area contributed by atoms with Crippen molar-refractivity contribution >= 4 is 29.3 Å². The second kappa shape index (κ2) is 8.67. The van der Waals surface area contributed by atoms with Gasteiger partial charge < -0.3 is 16.8 Å². The third-order valence-electron chi connectivity index (χ3n) is 3.15. The molecule has 0 radical (unpaired) electrons. The first-order valence-corrected chi connectivity index (χ1v) is 7.92. The zero-order chi connectivity index (χ0) is 19.1. The van der Waals surface area contributed by atoms with Crippen LogP contribution in [0.5, 0.6) is 0 Å². The highest BCUT2D eigenvalue weighted by Gasteiger charge is 2.06. The van der Waals surface area contributed by atoms with E-state index in [1.165, 1.54) is 6.07 Å². The summed E-state index contributed by atoms with van der Waals surface area (Å²) in [4.78, 5) is 33.8. The average Bonchev–Trinajstić information content (AvgIpc) is 2.54. The van der Waals surface area contributed by atoms with E-state index in [1.807, 2.05) is 37.3 Å². The third kappa shape index (κ3) is 5.95. The Morgan fingerprint density at radius 1 is 1.00 bits per heavy atom. The molecule has 0 unspecified atom stereocenters. The molecule has 2 aromatic heterocycles. The minimum Gasteiger partial charge on any atom is -0.369 e. The van der Waals surface area contributed by atoms with Crippen molar-refractivity contribution in [2.45, 2.75) is 13.0 Å². The van der Waals surface area contributed by atoms with Crippen LogP contribution < -0.4 is 27.9 Å². The van der Waals surface area contributed by atoms with Gasteiger partial charge in [0, 0.05) is 18.2 Å². The highest BCUT2D eigenvalue weighted by molar-refractivity contribution is 6.29. The number of benzene rings is 1. The fraction of sp³-hybridized carbons (Fsp3) is 0.125. The smallest absolute Gasteiger partial charge is 0.254 e. The quantitative estimate of drug-likeness (QED) is 0.434. The van der Waals surface area contributed by atoms with Crippen LogP contribution in [0.3, 0.4) is 0 Å². The highest BCUT2D eigenvalue weighted by Crippen LogP contribution is 2.16. The van der Waals surface area contributed by atoms with Gasteiger partial charge in [-0.05, 0) is 12.5 Å². The van der Waals surface area contributed by atoms with Crippen molar-refractivity contribution in [3.63, 3.8) is 0 Å². The standard InChI is InChI=1S/C12H14N4O.C4H4ClN3O/c1-8(9-5-3-2-4-6-9)14-10-7-11(17)16-12(13)15-10;5-2-1-3(9)8-4(6)7-2/h2-8H,1H3,(H4,13,14,15,16,17);1H,(H3,6,7,8,9)/t8-;/m0./s1. The van der Waals surface area contributed by atoms with Gasteiger partial charge in [-0.2, -0.15) is 4.98 Å². The molecule has 9 nitrogen and oxygen atoms in total. The molecule has 3 aromatic rings. The lowest BCUT2D eigenvalue weighted by Crippen LogP contribution is -2.15. The summed E-state index contributed by atoms with van der Waals surface area (Å²) in [6, 6.07) is 12.5. The van der Waals surface area contributed by atoms with Gasteiger partial charge in [-0.15, -0.1) is 0 Å². The summed E-state index contributed by atoms with van der Waals surface area (Å²) >= 11 is 5.34. The molecule has 0 bridgehead atoms. The Kier molecular flexibility index (Phi) is 6.34. The molecule has 1 aromatic carbocycles. The van der Waals surface area contributed by atoms with Crippen molar-refractivity contribution in [1.82, 2.24) is 19.9 Å². The van der Waals surface area contributed by atoms with Gasteiger partial charge in [0.2, 0.25) is 11.9 Å². The van der Waals surface area contributed by atoms with Gasteiger partial charge in [0.25, 0.3) is 11.1 Å². The lowest BCUT2D eigenvalue weighted by atomic mass is 10.1. The number of hydrogen-bond acceptors (Lipinski definition) is 7. The van der Waals surface area contributed by atoms with E-state index in [-0.39, 0.29) is 34.2 Å². The van der Waals surface area contributed by atoms with Crippen molar-refractivity contribution in [2.24, 2.45) is 0 Å². The molecule has 136 valence electrons. The minimum atomic E-state index is -0.340. The normalized spacial score (nSPS) is 11.2. The number of halogens is 1. The molecule has 0 aliphatic carbocycles. The van der Waals surface area contributed by atoms with E-state index in [2.05, 4.69) is 25.3 Å². The maximum Gasteiger partial charge on any atom is 0.254 e. The molecular formula is C16H18ClN7O2. The topological polar surface area (TPSA) is 156 Å². The van der Waals surface area contributed by atoms with Crippen LogP contribution in [0.15, 0.2) is 52.1 Å². The SMILES string of the molecule is C[C@H](Nc1cc(=O)[nH]c(N)n1)c1ccccc1.Nc1nc(Cl)cc(=O)[nH]1. The summed E-state index contributed by atoms with van der Waals surface area (Å²) in [5, 5.41) is 3.24. The first-order chi connectivity index (χ1) is 12.3. The van der Waals surface area contributed by atoms with Gasteiger partial charge >= 0.3 is 0 Å². The van der Waals surface area contributed by atoms with Crippen molar-refractivity contribution in [2.75, 3.05) is 16.8 Å². The number of hydrogen-bond donors (Lipinski definition) is 5. The van der Waals surface area contributed by atoms with Crippen LogP contribution in [0.25, 0.3) is 0 Å². The van der Waals surface area contributed by atoms with E-state index in [9.17, 15) is 9.59 Å². The van der Waals surface area contributed by atoms with E-state index >= 15 is 0 Å². The van der Waals surface area contributed by atoms with E-state index in [0.717, 1.165) is 11.6 Å². The number of aromatic amines is 2. The predicted octanol–water partition coefficient (Wildman–Crippen LogP) is 1.53. The molecule has 0 saturated heterocycles. The Balaban J connectivity index is 0.000000228. The highest BCUT2D eigenvalue weighted by atomic mass is 35.5. The van der Waals surface area contributed by atoms with Crippen LogP contribution in [0, 0.1) is 0 Å². The summed E-state index contributed by atoms with van der Waals surface area (Å²) in [5.41, 5.74) is 11.1. The summed E-state index contributed by atoms with van der Waals surface area (Å²) in [6.07, 6.45) is 0. The fourth-order valence-electron chi connectivity index (χ4n) is 2.04. The van der Waals surface area contributed by atoms with Gasteiger partial charge in [-0.3, -0.25) is 19.6 Å². The fourth-order valence-corrected chi connectivity index (χ4v) is 2.23. The number of nitrogens with one attached hydrogen (secondary N) is 3. The number of nitrogens with zero attached hydrogens (tertiary/aromatic N) is 2. The Labute approximate surface area is 153 Å². The molecular weight excluding hydrogens is 358 g/mol. The molecule has 0 amide bonds. The van der Waals surface area contributed by atoms with Crippen LogP contribution >= 0.6 is 11.6 Å². The summed E-state index contributed by atoms with van der Waals surface area (Å²) < 4.78 is 0. The van der Waals surface area contributed by atoms with Gasteiger partial charge in [-0.1, -0.05) is 41.9 Å². The number of H-pyrrole nitrogens is 2. The zero-order valence-corrected chi connectivity index (χ0v) is 14.6. The Hall–Kier alpha value is -3.33. The van der Waals surface area contributed by atoms with Gasteiger partial charge in [0.15, 0.2) is 0 Å². The van der Waals surface area contributed by atoms with Crippen LogP contribution in [0.1, 0.15) is 18.5 Å². The molecule has 0 spiro atoms. The molecule has 10 heteroatoms. The van der Waals surface area contributed by atoms with E-state index < -0.39 is 0 Å². The molecule has 2 heterocycles.